The topological polar surface area (TPSA) is 87.2 Å². The molecule has 1 aromatic heterocycles. The van der Waals surface area contributed by atoms with Gasteiger partial charge in [-0.25, -0.2) is 14.6 Å². The summed E-state index contributed by atoms with van der Waals surface area (Å²) < 4.78 is 11.2. The van der Waals surface area contributed by atoms with Gasteiger partial charge in [0, 0.05) is 56.6 Å². The molecule has 0 aliphatic carbocycles. The van der Waals surface area contributed by atoms with Crippen LogP contribution in [0.25, 0.3) is 11.1 Å². The number of carbonyl (C=O) groups excluding carboxylic acids is 2. The maximum Gasteiger partial charge on any atom is 0.410 e. The number of nitrogens with zero attached hydrogens (tertiary/aromatic N) is 4. The highest BCUT2D eigenvalue weighted by Crippen LogP contribution is 2.35. The van der Waals surface area contributed by atoms with Gasteiger partial charge in [0.25, 0.3) is 0 Å². The molecule has 41 heavy (non-hydrogen) atoms. The quantitative estimate of drug-likeness (QED) is 0.489. The first-order valence-corrected chi connectivity index (χ1v) is 15.1. The molecular weight excluding hydrogens is 518 g/mol. The standard InChI is InChI=1S/C32H45N5O4/c1-6-23-9-11-36(20-23)30(38)33-26-8-7-22(2)27(19-26)25-17-28(34-29(18-25)35-13-15-40-16-14-35)24-10-12-37(21-24)31(39)41-32(3,4)5/h7-8,17-19,23-24H,6,9-16,20-21H2,1-5H3,(H,33,38)/t23-,24?/m1/s1. The average Bonchev–Trinajstić information content (AvgIpc) is 3.64. The van der Waals surface area contributed by atoms with Crippen LogP contribution in [0.4, 0.5) is 21.1 Å². The van der Waals surface area contributed by atoms with E-state index in [0.29, 0.717) is 32.2 Å². The molecule has 5 rings (SSSR count). The largest absolute Gasteiger partial charge is 0.444 e. The van der Waals surface area contributed by atoms with Crippen LogP contribution in [0, 0.1) is 12.8 Å². The molecule has 9 heteroatoms. The minimum atomic E-state index is -0.527. The monoisotopic (exact) mass is 563 g/mol. The first kappa shape index (κ1) is 29.2. The molecular formula is C32H45N5O4. The van der Waals surface area contributed by atoms with Gasteiger partial charge < -0.3 is 29.5 Å². The molecule has 3 fully saturated rings. The molecule has 4 heterocycles. The van der Waals surface area contributed by atoms with Crippen LogP contribution in [0.5, 0.6) is 0 Å². The van der Waals surface area contributed by atoms with E-state index in [9.17, 15) is 9.59 Å². The van der Waals surface area contributed by atoms with Gasteiger partial charge in [0.15, 0.2) is 0 Å². The first-order chi connectivity index (χ1) is 19.6. The van der Waals surface area contributed by atoms with Crippen LogP contribution in [0.15, 0.2) is 30.3 Å². The minimum Gasteiger partial charge on any atom is -0.444 e. The van der Waals surface area contributed by atoms with E-state index in [1.807, 2.05) is 31.7 Å². The maximum absolute atomic E-state index is 13.0. The van der Waals surface area contributed by atoms with Crippen LogP contribution < -0.4 is 10.2 Å². The molecule has 222 valence electrons. The predicted molar refractivity (Wildman–Crippen MR) is 162 cm³/mol. The zero-order valence-corrected chi connectivity index (χ0v) is 25.2. The number of nitrogens with one attached hydrogen (secondary N) is 1. The number of hydrogen-bond acceptors (Lipinski definition) is 6. The number of likely N-dealkylation sites (tertiary alicyclic amines) is 2. The number of urea groups is 1. The van der Waals surface area contributed by atoms with E-state index in [0.717, 1.165) is 79.3 Å². The van der Waals surface area contributed by atoms with E-state index >= 15 is 0 Å². The summed E-state index contributed by atoms with van der Waals surface area (Å²) in [5.41, 5.74) is 4.50. The van der Waals surface area contributed by atoms with Gasteiger partial charge in [-0.05, 0) is 87.4 Å². The lowest BCUT2D eigenvalue weighted by Gasteiger charge is -2.29. The smallest absolute Gasteiger partial charge is 0.410 e. The number of hydrogen-bond donors (Lipinski definition) is 1. The van der Waals surface area contributed by atoms with Crippen LogP contribution >= 0.6 is 0 Å². The first-order valence-electron chi connectivity index (χ1n) is 15.1. The molecule has 3 amide bonds. The van der Waals surface area contributed by atoms with Crippen molar-refractivity contribution in [1.82, 2.24) is 14.8 Å². The van der Waals surface area contributed by atoms with E-state index in [1.54, 1.807) is 4.90 Å². The van der Waals surface area contributed by atoms with Crippen LogP contribution in [-0.4, -0.2) is 85.0 Å². The van der Waals surface area contributed by atoms with Crippen molar-refractivity contribution in [1.29, 1.82) is 0 Å². The molecule has 1 aromatic carbocycles. The van der Waals surface area contributed by atoms with Crippen LogP contribution in [0.2, 0.25) is 0 Å². The summed E-state index contributed by atoms with van der Waals surface area (Å²) >= 11 is 0. The van der Waals surface area contributed by atoms with Crippen molar-refractivity contribution in [3.05, 3.63) is 41.6 Å². The second-order valence-corrected chi connectivity index (χ2v) is 12.6. The van der Waals surface area contributed by atoms with Gasteiger partial charge in [0.1, 0.15) is 11.4 Å². The molecule has 3 aliphatic heterocycles. The van der Waals surface area contributed by atoms with E-state index in [-0.39, 0.29) is 18.0 Å². The molecule has 0 bridgehead atoms. The summed E-state index contributed by atoms with van der Waals surface area (Å²) in [5, 5.41) is 3.14. The molecule has 1 N–H and O–H groups in total. The Morgan fingerprint density at radius 1 is 1.02 bits per heavy atom. The predicted octanol–water partition coefficient (Wildman–Crippen LogP) is 5.88. The fraction of sp³-hybridized carbons (Fsp3) is 0.594. The number of rotatable bonds is 5. The number of pyridine rings is 1. The molecule has 9 nitrogen and oxygen atoms in total. The number of aromatic nitrogens is 1. The summed E-state index contributed by atoms with van der Waals surface area (Å²) in [7, 11) is 0. The molecule has 0 radical (unpaired) electrons. The average molecular weight is 564 g/mol. The third-order valence-electron chi connectivity index (χ3n) is 8.38. The third kappa shape index (κ3) is 7.12. The van der Waals surface area contributed by atoms with Gasteiger partial charge >= 0.3 is 12.1 Å². The van der Waals surface area contributed by atoms with Gasteiger partial charge in [-0.2, -0.15) is 0 Å². The fourth-order valence-electron chi connectivity index (χ4n) is 5.91. The summed E-state index contributed by atoms with van der Waals surface area (Å²) in [6.07, 6.45) is 2.74. The molecule has 2 aromatic rings. The Hall–Kier alpha value is -3.33. The second-order valence-electron chi connectivity index (χ2n) is 12.6. The molecule has 0 saturated carbocycles. The van der Waals surface area contributed by atoms with Crippen molar-refractivity contribution < 1.29 is 19.1 Å². The molecule has 3 aliphatic rings. The Bertz CT molecular complexity index is 1250. The highest BCUT2D eigenvalue weighted by Gasteiger charge is 2.32. The van der Waals surface area contributed by atoms with Crippen molar-refractivity contribution in [2.45, 2.75) is 65.4 Å². The van der Waals surface area contributed by atoms with Crippen molar-refractivity contribution in [2.24, 2.45) is 5.92 Å². The van der Waals surface area contributed by atoms with E-state index in [4.69, 9.17) is 14.5 Å². The molecule has 0 spiro atoms. The summed E-state index contributed by atoms with van der Waals surface area (Å²) in [4.78, 5) is 36.9. The fourth-order valence-corrected chi connectivity index (χ4v) is 5.91. The molecule has 2 atom stereocenters. The zero-order chi connectivity index (χ0) is 29.1. The lowest BCUT2D eigenvalue weighted by Crippen LogP contribution is -2.37. The normalized spacial score (nSPS) is 21.3. The Kier molecular flexibility index (Phi) is 8.73. The summed E-state index contributed by atoms with van der Waals surface area (Å²) in [6.45, 7) is 15.7. The second kappa shape index (κ2) is 12.3. The van der Waals surface area contributed by atoms with E-state index < -0.39 is 5.60 Å². The Morgan fingerprint density at radius 3 is 2.49 bits per heavy atom. The van der Waals surface area contributed by atoms with Crippen LogP contribution in [-0.2, 0) is 9.47 Å². The van der Waals surface area contributed by atoms with Gasteiger partial charge in [-0.1, -0.05) is 19.4 Å². The van der Waals surface area contributed by atoms with Crippen LogP contribution in [0.1, 0.15) is 64.1 Å². The van der Waals surface area contributed by atoms with Crippen LogP contribution in [0.3, 0.4) is 0 Å². The lowest BCUT2D eigenvalue weighted by molar-refractivity contribution is 0.0292. The van der Waals surface area contributed by atoms with Crippen molar-refractivity contribution in [3.8, 4) is 11.1 Å². The highest BCUT2D eigenvalue weighted by atomic mass is 16.6. The zero-order valence-electron chi connectivity index (χ0n) is 25.2. The Balaban J connectivity index is 1.41. The number of ether oxygens (including phenoxy) is 2. The number of aryl methyl sites for hydroxylation is 1. The van der Waals surface area contributed by atoms with Gasteiger partial charge in [0.05, 0.1) is 13.2 Å². The number of morpholine rings is 1. The number of anilines is 2. The molecule has 1 unspecified atom stereocenters. The number of benzene rings is 1. The highest BCUT2D eigenvalue weighted by molar-refractivity contribution is 5.90. The Labute approximate surface area is 244 Å². The van der Waals surface area contributed by atoms with E-state index in [2.05, 4.69) is 48.3 Å². The van der Waals surface area contributed by atoms with E-state index in [1.165, 1.54) is 0 Å². The van der Waals surface area contributed by atoms with Crippen molar-refractivity contribution in [3.63, 3.8) is 0 Å². The number of carbonyl (C=O) groups is 2. The maximum atomic E-state index is 13.0. The van der Waals surface area contributed by atoms with Gasteiger partial charge in [0.2, 0.25) is 0 Å². The molecule has 3 saturated heterocycles. The van der Waals surface area contributed by atoms with Crippen molar-refractivity contribution in [2.75, 3.05) is 62.7 Å². The SMILES string of the molecule is CC[C@@H]1CCN(C(=O)Nc2ccc(C)c(-c3cc(C4CCN(C(=O)OC(C)(C)C)C4)nc(N4CCOCC4)c3)c2)C1. The summed E-state index contributed by atoms with van der Waals surface area (Å²) in [6, 6.07) is 10.4. The minimum absolute atomic E-state index is 0.0339. The van der Waals surface area contributed by atoms with Gasteiger partial charge in [-0.15, -0.1) is 0 Å². The number of amides is 3. The lowest BCUT2D eigenvalue weighted by atomic mass is 9.96. The van der Waals surface area contributed by atoms with Crippen molar-refractivity contribution >= 4 is 23.6 Å². The third-order valence-corrected chi connectivity index (χ3v) is 8.38. The summed E-state index contributed by atoms with van der Waals surface area (Å²) in [5.74, 6) is 1.63. The Morgan fingerprint density at radius 2 is 1.78 bits per heavy atom. The van der Waals surface area contributed by atoms with Gasteiger partial charge in [-0.3, -0.25) is 0 Å².